The SMILES string of the molecule is CC1CCC(NC(=O)CCn2cnc3c([nH]c4ccc(F)cc43)c2=O)CC1. The van der Waals surface area contributed by atoms with E-state index in [0.717, 1.165) is 31.6 Å². The maximum atomic E-state index is 13.5. The average Bonchev–Trinajstić information content (AvgIpc) is 3.02. The number of rotatable bonds is 4. The number of halogens is 1. The van der Waals surface area contributed by atoms with Crippen LogP contribution in [0.3, 0.4) is 0 Å². The molecule has 0 atom stereocenters. The molecule has 0 bridgehead atoms. The number of aromatic nitrogens is 3. The lowest BCUT2D eigenvalue weighted by atomic mass is 9.87. The van der Waals surface area contributed by atoms with E-state index in [4.69, 9.17) is 0 Å². The summed E-state index contributed by atoms with van der Waals surface area (Å²) in [6, 6.07) is 4.54. The number of amides is 1. The lowest BCUT2D eigenvalue weighted by Crippen LogP contribution is -2.38. The van der Waals surface area contributed by atoms with Gasteiger partial charge in [-0.1, -0.05) is 6.92 Å². The van der Waals surface area contributed by atoms with Crippen molar-refractivity contribution in [2.24, 2.45) is 5.92 Å². The van der Waals surface area contributed by atoms with E-state index in [1.807, 2.05) is 0 Å². The molecule has 1 aliphatic carbocycles. The summed E-state index contributed by atoms with van der Waals surface area (Å²) in [6.45, 7) is 2.51. The Morgan fingerprint density at radius 2 is 2.11 bits per heavy atom. The van der Waals surface area contributed by atoms with Crippen LogP contribution in [0, 0.1) is 11.7 Å². The van der Waals surface area contributed by atoms with Gasteiger partial charge in [-0.15, -0.1) is 0 Å². The van der Waals surface area contributed by atoms with Crippen LogP contribution in [-0.4, -0.2) is 26.5 Å². The van der Waals surface area contributed by atoms with Crippen molar-refractivity contribution >= 4 is 27.8 Å². The molecule has 0 saturated heterocycles. The van der Waals surface area contributed by atoms with Gasteiger partial charge in [-0.2, -0.15) is 0 Å². The Morgan fingerprint density at radius 3 is 2.89 bits per heavy atom. The van der Waals surface area contributed by atoms with Gasteiger partial charge in [-0.25, -0.2) is 9.37 Å². The zero-order valence-corrected chi connectivity index (χ0v) is 15.3. The van der Waals surface area contributed by atoms with Crippen molar-refractivity contribution < 1.29 is 9.18 Å². The molecule has 1 aromatic carbocycles. The zero-order valence-electron chi connectivity index (χ0n) is 15.3. The Balaban J connectivity index is 1.47. The van der Waals surface area contributed by atoms with Crippen molar-refractivity contribution in [2.75, 3.05) is 0 Å². The number of fused-ring (bicyclic) bond motifs is 3. The lowest BCUT2D eigenvalue weighted by Gasteiger charge is -2.26. The van der Waals surface area contributed by atoms with Crippen molar-refractivity contribution in [3.05, 3.63) is 40.7 Å². The smallest absolute Gasteiger partial charge is 0.277 e. The highest BCUT2D eigenvalue weighted by Crippen LogP contribution is 2.24. The Hall–Kier alpha value is -2.70. The van der Waals surface area contributed by atoms with Crippen LogP contribution in [0.25, 0.3) is 21.9 Å². The van der Waals surface area contributed by atoms with Crippen molar-refractivity contribution in [2.45, 2.75) is 51.6 Å². The van der Waals surface area contributed by atoms with E-state index in [1.54, 1.807) is 6.07 Å². The number of carbonyl (C=O) groups excluding carboxylic acids is 1. The third-order valence-corrected chi connectivity index (χ3v) is 5.49. The summed E-state index contributed by atoms with van der Waals surface area (Å²) in [6.07, 6.45) is 5.99. The fourth-order valence-corrected chi connectivity index (χ4v) is 3.85. The second-order valence-electron chi connectivity index (χ2n) is 7.56. The van der Waals surface area contributed by atoms with Gasteiger partial charge < -0.3 is 10.3 Å². The van der Waals surface area contributed by atoms with E-state index in [9.17, 15) is 14.0 Å². The molecule has 2 aromatic heterocycles. The van der Waals surface area contributed by atoms with Crippen molar-refractivity contribution in [1.82, 2.24) is 19.9 Å². The van der Waals surface area contributed by atoms with E-state index < -0.39 is 0 Å². The van der Waals surface area contributed by atoms with Gasteiger partial charge in [0.05, 0.1) is 6.33 Å². The molecule has 1 amide bonds. The first-order valence-electron chi connectivity index (χ1n) is 9.47. The number of benzene rings is 1. The van der Waals surface area contributed by atoms with Crippen LogP contribution >= 0.6 is 0 Å². The van der Waals surface area contributed by atoms with E-state index in [0.29, 0.717) is 21.9 Å². The molecule has 1 saturated carbocycles. The normalized spacial score (nSPS) is 20.2. The zero-order chi connectivity index (χ0) is 19.0. The molecule has 0 unspecified atom stereocenters. The molecule has 2 heterocycles. The number of nitrogens with zero attached hydrogens (tertiary/aromatic N) is 2. The summed E-state index contributed by atoms with van der Waals surface area (Å²) < 4.78 is 14.9. The van der Waals surface area contributed by atoms with Crippen molar-refractivity contribution in [3.8, 4) is 0 Å². The molecule has 6 nitrogen and oxygen atoms in total. The maximum Gasteiger partial charge on any atom is 0.277 e. The van der Waals surface area contributed by atoms with Crippen molar-refractivity contribution in [3.63, 3.8) is 0 Å². The Bertz CT molecular complexity index is 1050. The molecule has 1 aliphatic rings. The van der Waals surface area contributed by atoms with Gasteiger partial charge in [0, 0.05) is 29.9 Å². The minimum atomic E-state index is -0.372. The van der Waals surface area contributed by atoms with Crippen LogP contribution in [0.15, 0.2) is 29.3 Å². The summed E-state index contributed by atoms with van der Waals surface area (Å²) in [5.74, 6) is 0.322. The Labute approximate surface area is 155 Å². The molecular weight excluding hydrogens is 347 g/mol. The summed E-state index contributed by atoms with van der Waals surface area (Å²) in [4.78, 5) is 32.2. The third-order valence-electron chi connectivity index (χ3n) is 5.49. The Morgan fingerprint density at radius 1 is 1.33 bits per heavy atom. The van der Waals surface area contributed by atoms with Gasteiger partial charge >= 0.3 is 0 Å². The van der Waals surface area contributed by atoms with Crippen LogP contribution < -0.4 is 10.9 Å². The molecule has 0 radical (unpaired) electrons. The number of carbonyl (C=O) groups is 1. The summed E-state index contributed by atoms with van der Waals surface area (Å²) in [5, 5.41) is 3.65. The van der Waals surface area contributed by atoms with Gasteiger partial charge in [0.1, 0.15) is 16.9 Å². The number of hydrogen-bond acceptors (Lipinski definition) is 3. The molecule has 4 rings (SSSR count). The number of aryl methyl sites for hydroxylation is 1. The largest absolute Gasteiger partial charge is 0.353 e. The van der Waals surface area contributed by atoms with Gasteiger partial charge in [-0.3, -0.25) is 14.2 Å². The van der Waals surface area contributed by atoms with Crippen LogP contribution in [0.1, 0.15) is 39.0 Å². The van der Waals surface area contributed by atoms with Gasteiger partial charge in [-0.05, 0) is 49.8 Å². The average molecular weight is 370 g/mol. The van der Waals surface area contributed by atoms with Crippen LogP contribution in [-0.2, 0) is 11.3 Å². The van der Waals surface area contributed by atoms with E-state index in [1.165, 1.54) is 23.0 Å². The minimum absolute atomic E-state index is 0.0414. The van der Waals surface area contributed by atoms with Gasteiger partial charge in [0.15, 0.2) is 0 Å². The minimum Gasteiger partial charge on any atom is -0.353 e. The Kier molecular flexibility index (Phi) is 4.68. The third kappa shape index (κ3) is 3.59. The highest BCUT2D eigenvalue weighted by Gasteiger charge is 2.20. The first kappa shape index (κ1) is 17.7. The molecule has 2 N–H and O–H groups in total. The molecule has 142 valence electrons. The van der Waals surface area contributed by atoms with Gasteiger partial charge in [0.2, 0.25) is 5.91 Å². The maximum absolute atomic E-state index is 13.5. The second kappa shape index (κ2) is 7.13. The topological polar surface area (TPSA) is 79.8 Å². The molecule has 0 spiro atoms. The number of aromatic amines is 1. The van der Waals surface area contributed by atoms with E-state index >= 15 is 0 Å². The molecule has 27 heavy (non-hydrogen) atoms. The molecule has 1 fully saturated rings. The fraction of sp³-hybridized carbons (Fsp3) is 0.450. The molecule has 7 heteroatoms. The molecular formula is C20H23FN4O2. The summed E-state index contributed by atoms with van der Waals surface area (Å²) in [7, 11) is 0. The first-order valence-corrected chi connectivity index (χ1v) is 9.47. The summed E-state index contributed by atoms with van der Waals surface area (Å²) >= 11 is 0. The van der Waals surface area contributed by atoms with E-state index in [2.05, 4.69) is 22.2 Å². The standard InChI is InChI=1S/C20H23FN4O2/c1-12-2-5-14(6-3-12)23-17(26)8-9-25-11-22-18-15-10-13(21)4-7-16(15)24-19(18)20(25)27/h4,7,10-12,14,24H,2-3,5-6,8-9H2,1H3,(H,23,26). The van der Waals surface area contributed by atoms with E-state index in [-0.39, 0.29) is 36.3 Å². The quantitative estimate of drug-likeness (QED) is 0.741. The first-order chi connectivity index (χ1) is 13.0. The van der Waals surface area contributed by atoms with Crippen LogP contribution in [0.2, 0.25) is 0 Å². The molecule has 0 aliphatic heterocycles. The summed E-state index contributed by atoms with van der Waals surface area (Å²) in [5.41, 5.74) is 1.19. The molecule has 3 aromatic rings. The van der Waals surface area contributed by atoms with Crippen molar-refractivity contribution in [1.29, 1.82) is 0 Å². The fourth-order valence-electron chi connectivity index (χ4n) is 3.85. The number of hydrogen-bond donors (Lipinski definition) is 2. The van der Waals surface area contributed by atoms with Crippen LogP contribution in [0.5, 0.6) is 0 Å². The second-order valence-corrected chi connectivity index (χ2v) is 7.56. The van der Waals surface area contributed by atoms with Gasteiger partial charge in [0.25, 0.3) is 5.56 Å². The lowest BCUT2D eigenvalue weighted by molar-refractivity contribution is -0.122. The number of nitrogens with one attached hydrogen (secondary N) is 2. The monoisotopic (exact) mass is 370 g/mol. The highest BCUT2D eigenvalue weighted by atomic mass is 19.1. The highest BCUT2D eigenvalue weighted by molar-refractivity contribution is 6.04. The number of H-pyrrole nitrogens is 1. The predicted molar refractivity (Wildman–Crippen MR) is 102 cm³/mol. The van der Waals surface area contributed by atoms with Crippen LogP contribution in [0.4, 0.5) is 4.39 Å². The predicted octanol–water partition coefficient (Wildman–Crippen LogP) is 3.10.